The fraction of sp³-hybridized carbons (Fsp3) is 0.636. The van der Waals surface area contributed by atoms with Gasteiger partial charge in [-0.3, -0.25) is 9.48 Å². The predicted octanol–water partition coefficient (Wildman–Crippen LogP) is 0.652. The molecule has 1 aliphatic heterocycles. The van der Waals surface area contributed by atoms with Crippen LogP contribution in [0.1, 0.15) is 25.3 Å². The van der Waals surface area contributed by atoms with Crippen molar-refractivity contribution >= 4 is 5.97 Å². The summed E-state index contributed by atoms with van der Waals surface area (Å²) < 4.78 is 1.82. The lowest BCUT2D eigenvalue weighted by Crippen LogP contribution is -2.49. The molecule has 0 aliphatic carbocycles. The van der Waals surface area contributed by atoms with Crippen molar-refractivity contribution in [3.05, 3.63) is 18.0 Å². The fourth-order valence-corrected chi connectivity index (χ4v) is 2.23. The van der Waals surface area contributed by atoms with Crippen molar-refractivity contribution in [2.24, 2.45) is 0 Å². The van der Waals surface area contributed by atoms with E-state index in [0.717, 1.165) is 25.1 Å². The molecular weight excluding hydrogens is 206 g/mol. The maximum atomic E-state index is 11.3. The van der Waals surface area contributed by atoms with Crippen LogP contribution in [0.2, 0.25) is 0 Å². The Morgan fingerprint density at radius 1 is 1.75 bits per heavy atom. The molecule has 88 valence electrons. The van der Waals surface area contributed by atoms with Crippen LogP contribution in [0, 0.1) is 0 Å². The Labute approximate surface area is 94.5 Å². The number of aryl methyl sites for hydroxylation is 1. The predicted molar refractivity (Wildman–Crippen MR) is 59.2 cm³/mol. The van der Waals surface area contributed by atoms with Crippen LogP contribution < -0.4 is 5.32 Å². The van der Waals surface area contributed by atoms with Crippen LogP contribution in [0.4, 0.5) is 0 Å². The summed E-state index contributed by atoms with van der Waals surface area (Å²) in [6.07, 6.45) is 5.81. The summed E-state index contributed by atoms with van der Waals surface area (Å²) in [4.78, 5) is 11.3. The van der Waals surface area contributed by atoms with Crippen LogP contribution in [-0.4, -0.2) is 32.9 Å². The van der Waals surface area contributed by atoms with Crippen molar-refractivity contribution < 1.29 is 9.90 Å². The molecule has 0 aromatic carbocycles. The molecule has 0 amide bonds. The minimum absolute atomic E-state index is 0.516. The van der Waals surface area contributed by atoms with Crippen molar-refractivity contribution in [1.82, 2.24) is 15.1 Å². The van der Waals surface area contributed by atoms with E-state index in [4.69, 9.17) is 0 Å². The van der Waals surface area contributed by atoms with Gasteiger partial charge in [0.1, 0.15) is 5.54 Å². The minimum atomic E-state index is -0.776. The van der Waals surface area contributed by atoms with Crippen molar-refractivity contribution in [3.8, 4) is 0 Å². The van der Waals surface area contributed by atoms with E-state index in [9.17, 15) is 9.90 Å². The number of aliphatic carboxylic acids is 1. The highest BCUT2D eigenvalue weighted by Gasteiger charge is 2.41. The molecule has 0 bridgehead atoms. The van der Waals surface area contributed by atoms with Gasteiger partial charge in [0.25, 0.3) is 0 Å². The number of hydrogen-bond acceptors (Lipinski definition) is 3. The lowest BCUT2D eigenvalue weighted by Gasteiger charge is -2.23. The van der Waals surface area contributed by atoms with Gasteiger partial charge in [0, 0.05) is 19.2 Å². The van der Waals surface area contributed by atoms with Crippen molar-refractivity contribution in [2.75, 3.05) is 6.54 Å². The van der Waals surface area contributed by atoms with E-state index in [1.54, 1.807) is 6.20 Å². The number of carboxylic acid groups (broad SMARTS) is 1. The standard InChI is InChI=1S/C11H17N3O2/c1-2-14-8-9(7-13-14)6-11(10(15)16)4-3-5-12-11/h7-8,12H,2-6H2,1H3,(H,15,16). The summed E-state index contributed by atoms with van der Waals surface area (Å²) in [5, 5.41) is 16.6. The summed E-state index contributed by atoms with van der Waals surface area (Å²) in [7, 11) is 0. The van der Waals surface area contributed by atoms with Crippen LogP contribution >= 0.6 is 0 Å². The van der Waals surface area contributed by atoms with E-state index in [0.29, 0.717) is 12.8 Å². The largest absolute Gasteiger partial charge is 0.480 e. The van der Waals surface area contributed by atoms with Crippen molar-refractivity contribution in [2.45, 2.75) is 38.3 Å². The second-order valence-electron chi connectivity index (χ2n) is 4.30. The van der Waals surface area contributed by atoms with E-state index in [1.807, 2.05) is 17.8 Å². The second-order valence-corrected chi connectivity index (χ2v) is 4.30. The molecule has 1 aromatic heterocycles. The Bertz CT molecular complexity index is 380. The van der Waals surface area contributed by atoms with Gasteiger partial charge >= 0.3 is 5.97 Å². The van der Waals surface area contributed by atoms with Gasteiger partial charge in [0.2, 0.25) is 0 Å². The molecule has 1 saturated heterocycles. The monoisotopic (exact) mass is 223 g/mol. The topological polar surface area (TPSA) is 67.2 Å². The van der Waals surface area contributed by atoms with Crippen LogP contribution in [-0.2, 0) is 17.8 Å². The Hall–Kier alpha value is -1.36. The molecular formula is C11H17N3O2. The molecule has 2 N–H and O–H groups in total. The molecule has 0 saturated carbocycles. The highest BCUT2D eigenvalue weighted by molar-refractivity contribution is 5.79. The van der Waals surface area contributed by atoms with Gasteiger partial charge in [-0.15, -0.1) is 0 Å². The zero-order chi connectivity index (χ0) is 11.6. The Morgan fingerprint density at radius 2 is 2.56 bits per heavy atom. The van der Waals surface area contributed by atoms with E-state index < -0.39 is 11.5 Å². The van der Waals surface area contributed by atoms with E-state index in [2.05, 4.69) is 10.4 Å². The molecule has 2 heterocycles. The molecule has 1 unspecified atom stereocenters. The van der Waals surface area contributed by atoms with Gasteiger partial charge in [-0.25, -0.2) is 0 Å². The third-order valence-corrected chi connectivity index (χ3v) is 3.17. The average Bonchev–Trinajstić information content (AvgIpc) is 2.88. The van der Waals surface area contributed by atoms with E-state index in [1.165, 1.54) is 0 Å². The number of carbonyl (C=O) groups is 1. The third-order valence-electron chi connectivity index (χ3n) is 3.17. The lowest BCUT2D eigenvalue weighted by atomic mass is 9.91. The van der Waals surface area contributed by atoms with Gasteiger partial charge in [0.05, 0.1) is 6.20 Å². The van der Waals surface area contributed by atoms with E-state index in [-0.39, 0.29) is 0 Å². The quantitative estimate of drug-likeness (QED) is 0.786. The normalized spacial score (nSPS) is 24.8. The minimum Gasteiger partial charge on any atom is -0.480 e. The zero-order valence-electron chi connectivity index (χ0n) is 9.44. The molecule has 5 nitrogen and oxygen atoms in total. The Morgan fingerprint density at radius 3 is 3.06 bits per heavy atom. The molecule has 0 radical (unpaired) electrons. The van der Waals surface area contributed by atoms with Crippen molar-refractivity contribution in [1.29, 1.82) is 0 Å². The number of aromatic nitrogens is 2. The van der Waals surface area contributed by atoms with Gasteiger partial charge in [0.15, 0.2) is 0 Å². The lowest BCUT2D eigenvalue weighted by molar-refractivity contribution is -0.144. The number of carboxylic acids is 1. The fourth-order valence-electron chi connectivity index (χ4n) is 2.23. The summed E-state index contributed by atoms with van der Waals surface area (Å²) >= 11 is 0. The zero-order valence-corrected chi connectivity index (χ0v) is 9.44. The van der Waals surface area contributed by atoms with Crippen LogP contribution in [0.5, 0.6) is 0 Å². The van der Waals surface area contributed by atoms with Crippen LogP contribution in [0.25, 0.3) is 0 Å². The molecule has 16 heavy (non-hydrogen) atoms. The first kappa shape index (κ1) is 11.1. The SMILES string of the molecule is CCn1cc(CC2(C(=O)O)CCCN2)cn1. The molecule has 1 atom stereocenters. The Kier molecular flexibility index (Phi) is 2.96. The van der Waals surface area contributed by atoms with Crippen molar-refractivity contribution in [3.63, 3.8) is 0 Å². The summed E-state index contributed by atoms with van der Waals surface area (Å²) in [6, 6.07) is 0. The second kappa shape index (κ2) is 4.25. The number of nitrogens with zero attached hydrogens (tertiary/aromatic N) is 2. The first-order valence-electron chi connectivity index (χ1n) is 5.66. The number of rotatable bonds is 4. The molecule has 1 aromatic rings. The molecule has 5 heteroatoms. The van der Waals surface area contributed by atoms with E-state index >= 15 is 0 Å². The number of hydrogen-bond donors (Lipinski definition) is 2. The van der Waals surface area contributed by atoms with Gasteiger partial charge in [-0.05, 0) is 31.9 Å². The summed E-state index contributed by atoms with van der Waals surface area (Å²) in [5.41, 5.74) is 0.209. The highest BCUT2D eigenvalue weighted by Crippen LogP contribution is 2.24. The number of nitrogens with one attached hydrogen (secondary N) is 1. The first-order valence-corrected chi connectivity index (χ1v) is 5.66. The summed E-state index contributed by atoms with van der Waals surface area (Å²) in [6.45, 7) is 3.61. The average molecular weight is 223 g/mol. The smallest absolute Gasteiger partial charge is 0.324 e. The van der Waals surface area contributed by atoms with Gasteiger partial charge in [-0.1, -0.05) is 0 Å². The highest BCUT2D eigenvalue weighted by atomic mass is 16.4. The first-order chi connectivity index (χ1) is 7.66. The maximum absolute atomic E-state index is 11.3. The van der Waals surface area contributed by atoms with Crippen LogP contribution in [0.15, 0.2) is 12.4 Å². The molecule has 2 rings (SSSR count). The molecule has 0 spiro atoms. The van der Waals surface area contributed by atoms with Gasteiger partial charge in [-0.2, -0.15) is 5.10 Å². The summed E-state index contributed by atoms with van der Waals surface area (Å²) in [5.74, 6) is -0.755. The molecule has 1 fully saturated rings. The maximum Gasteiger partial charge on any atom is 0.324 e. The third kappa shape index (κ3) is 1.95. The van der Waals surface area contributed by atoms with Gasteiger partial charge < -0.3 is 10.4 Å². The Balaban J connectivity index is 2.14. The molecule has 1 aliphatic rings. The van der Waals surface area contributed by atoms with Crippen LogP contribution in [0.3, 0.4) is 0 Å².